The van der Waals surface area contributed by atoms with Gasteiger partial charge in [0.15, 0.2) is 0 Å². The molecule has 2 aromatic carbocycles. The van der Waals surface area contributed by atoms with Gasteiger partial charge in [0.1, 0.15) is 11.2 Å². The molecule has 1 aromatic heterocycles. The highest BCUT2D eigenvalue weighted by atomic mass is 16.3. The molecule has 20 heavy (non-hydrogen) atoms. The first-order chi connectivity index (χ1) is 9.90. The molecule has 1 heteroatoms. The Bertz CT molecular complexity index is 894. The van der Waals surface area contributed by atoms with Crippen molar-refractivity contribution in [3.05, 3.63) is 66.3 Å². The molecule has 1 saturated carbocycles. The molecule has 2 aliphatic rings. The van der Waals surface area contributed by atoms with E-state index in [1.54, 1.807) is 0 Å². The number of para-hydroxylation sites is 2. The third-order valence-corrected chi connectivity index (χ3v) is 4.52. The van der Waals surface area contributed by atoms with Gasteiger partial charge in [0, 0.05) is 16.3 Å². The summed E-state index contributed by atoms with van der Waals surface area (Å²) < 4.78 is 6.11. The fourth-order valence-corrected chi connectivity index (χ4v) is 3.32. The van der Waals surface area contributed by atoms with Crippen molar-refractivity contribution < 1.29 is 4.42 Å². The molecule has 3 aromatic rings. The van der Waals surface area contributed by atoms with E-state index < -0.39 is 0 Å². The highest BCUT2D eigenvalue weighted by Crippen LogP contribution is 2.47. The summed E-state index contributed by atoms with van der Waals surface area (Å²) in [5.41, 5.74) is 4.53. The number of hydrogen-bond donors (Lipinski definition) is 0. The van der Waals surface area contributed by atoms with Gasteiger partial charge in [-0.1, -0.05) is 54.6 Å². The van der Waals surface area contributed by atoms with Crippen LogP contribution in [0.1, 0.15) is 12.0 Å². The Morgan fingerprint density at radius 3 is 2.75 bits per heavy atom. The van der Waals surface area contributed by atoms with Crippen LogP contribution in [0.5, 0.6) is 0 Å². The molecule has 0 aliphatic heterocycles. The maximum absolute atomic E-state index is 6.11. The molecular formula is C19H14O. The van der Waals surface area contributed by atoms with Crippen LogP contribution in [0.15, 0.2) is 65.1 Å². The molecule has 0 amide bonds. The Hall–Kier alpha value is -2.28. The van der Waals surface area contributed by atoms with Crippen molar-refractivity contribution in [2.24, 2.45) is 11.8 Å². The fourth-order valence-electron chi connectivity index (χ4n) is 3.32. The van der Waals surface area contributed by atoms with Crippen molar-refractivity contribution in [2.75, 3.05) is 0 Å². The molecule has 1 heterocycles. The molecular weight excluding hydrogens is 244 g/mol. The van der Waals surface area contributed by atoms with Crippen molar-refractivity contribution in [1.82, 2.24) is 0 Å². The molecule has 2 atom stereocenters. The van der Waals surface area contributed by atoms with Crippen LogP contribution in [0, 0.1) is 11.8 Å². The molecule has 1 fully saturated rings. The summed E-state index contributed by atoms with van der Waals surface area (Å²) >= 11 is 0. The number of furan rings is 1. The highest BCUT2D eigenvalue weighted by Gasteiger charge is 2.35. The molecule has 5 rings (SSSR count). The zero-order valence-corrected chi connectivity index (χ0v) is 11.0. The highest BCUT2D eigenvalue weighted by molar-refractivity contribution is 6.08. The molecule has 2 unspecified atom stereocenters. The van der Waals surface area contributed by atoms with Crippen molar-refractivity contribution >= 4 is 27.5 Å². The van der Waals surface area contributed by atoms with E-state index in [-0.39, 0.29) is 0 Å². The van der Waals surface area contributed by atoms with E-state index in [0.717, 1.165) is 23.0 Å². The van der Waals surface area contributed by atoms with Gasteiger partial charge in [0.25, 0.3) is 0 Å². The van der Waals surface area contributed by atoms with Gasteiger partial charge in [-0.05, 0) is 29.9 Å². The summed E-state index contributed by atoms with van der Waals surface area (Å²) in [6.45, 7) is 0. The summed E-state index contributed by atoms with van der Waals surface area (Å²) in [6, 6.07) is 14.7. The van der Waals surface area contributed by atoms with Gasteiger partial charge in [-0.25, -0.2) is 0 Å². The number of rotatable bonds is 1. The first-order valence-electron chi connectivity index (χ1n) is 7.21. The largest absolute Gasteiger partial charge is 0.455 e. The second-order valence-electron chi connectivity index (χ2n) is 5.83. The van der Waals surface area contributed by atoms with Gasteiger partial charge in [0.05, 0.1) is 0 Å². The Kier molecular flexibility index (Phi) is 1.91. The number of hydrogen-bond acceptors (Lipinski definition) is 1. The summed E-state index contributed by atoms with van der Waals surface area (Å²) in [5.74, 6) is 1.56. The predicted octanol–water partition coefficient (Wildman–Crippen LogP) is 5.18. The minimum absolute atomic E-state index is 0.759. The molecule has 2 aliphatic carbocycles. The Morgan fingerprint density at radius 2 is 1.80 bits per heavy atom. The molecule has 0 N–H and O–H groups in total. The average molecular weight is 258 g/mol. The third-order valence-electron chi connectivity index (χ3n) is 4.52. The van der Waals surface area contributed by atoms with E-state index in [1.165, 1.54) is 28.3 Å². The van der Waals surface area contributed by atoms with Gasteiger partial charge in [-0.15, -0.1) is 0 Å². The first-order valence-corrected chi connectivity index (χ1v) is 7.21. The predicted molar refractivity (Wildman–Crippen MR) is 82.4 cm³/mol. The van der Waals surface area contributed by atoms with E-state index in [1.807, 2.05) is 12.1 Å². The SMILES string of the molecule is C1=CC2CC2C=C1c1cccc2c1oc1ccccc12. The Balaban J connectivity index is 1.82. The van der Waals surface area contributed by atoms with E-state index in [2.05, 4.69) is 48.6 Å². The summed E-state index contributed by atoms with van der Waals surface area (Å²) in [4.78, 5) is 0. The lowest BCUT2D eigenvalue weighted by Crippen LogP contribution is -1.88. The van der Waals surface area contributed by atoms with Crippen LogP contribution < -0.4 is 0 Å². The second-order valence-corrected chi connectivity index (χ2v) is 5.83. The lowest BCUT2D eigenvalue weighted by Gasteiger charge is -2.07. The number of fused-ring (bicyclic) bond motifs is 4. The zero-order valence-electron chi connectivity index (χ0n) is 11.0. The monoisotopic (exact) mass is 258 g/mol. The van der Waals surface area contributed by atoms with Gasteiger partial charge in [-0.2, -0.15) is 0 Å². The normalized spacial score (nSPS) is 23.9. The van der Waals surface area contributed by atoms with Crippen LogP contribution in [0.3, 0.4) is 0 Å². The van der Waals surface area contributed by atoms with Gasteiger partial charge < -0.3 is 4.42 Å². The summed E-state index contributed by atoms with van der Waals surface area (Å²) in [7, 11) is 0. The molecule has 0 radical (unpaired) electrons. The molecule has 1 nitrogen and oxygen atoms in total. The van der Waals surface area contributed by atoms with Crippen molar-refractivity contribution in [3.63, 3.8) is 0 Å². The Labute approximate surface area is 117 Å². The van der Waals surface area contributed by atoms with Crippen LogP contribution >= 0.6 is 0 Å². The summed E-state index contributed by atoms with van der Waals surface area (Å²) in [5, 5.41) is 2.42. The van der Waals surface area contributed by atoms with E-state index in [9.17, 15) is 0 Å². The van der Waals surface area contributed by atoms with Crippen LogP contribution in [0.2, 0.25) is 0 Å². The fraction of sp³-hybridized carbons (Fsp3) is 0.158. The van der Waals surface area contributed by atoms with Crippen molar-refractivity contribution in [3.8, 4) is 0 Å². The topological polar surface area (TPSA) is 13.1 Å². The quantitative estimate of drug-likeness (QED) is 0.586. The zero-order chi connectivity index (χ0) is 13.1. The number of allylic oxidation sites excluding steroid dienone is 4. The van der Waals surface area contributed by atoms with Crippen molar-refractivity contribution in [2.45, 2.75) is 6.42 Å². The van der Waals surface area contributed by atoms with Crippen LogP contribution in [0.4, 0.5) is 0 Å². The molecule has 0 bridgehead atoms. The first kappa shape index (κ1) is 10.5. The molecule has 0 spiro atoms. The van der Waals surface area contributed by atoms with Crippen LogP contribution in [-0.2, 0) is 0 Å². The molecule has 96 valence electrons. The standard InChI is InChI=1S/C19H14O/c1-2-7-18-16(4-1)17-6-3-5-15(19(17)20-18)13-9-8-12-10-14(12)11-13/h1-9,11-12,14H,10H2. The van der Waals surface area contributed by atoms with Gasteiger partial charge >= 0.3 is 0 Å². The van der Waals surface area contributed by atoms with Crippen LogP contribution in [-0.4, -0.2) is 0 Å². The van der Waals surface area contributed by atoms with Crippen LogP contribution in [0.25, 0.3) is 27.5 Å². The minimum atomic E-state index is 0.759. The lowest BCUT2D eigenvalue weighted by atomic mass is 9.98. The second kappa shape index (κ2) is 3.63. The van der Waals surface area contributed by atoms with Crippen molar-refractivity contribution in [1.29, 1.82) is 0 Å². The third kappa shape index (κ3) is 1.38. The maximum Gasteiger partial charge on any atom is 0.143 e. The van der Waals surface area contributed by atoms with E-state index in [0.29, 0.717) is 0 Å². The number of benzene rings is 2. The van der Waals surface area contributed by atoms with E-state index >= 15 is 0 Å². The summed E-state index contributed by atoms with van der Waals surface area (Å²) in [6.07, 6.45) is 8.33. The lowest BCUT2D eigenvalue weighted by molar-refractivity contribution is 0.667. The average Bonchev–Trinajstić information content (AvgIpc) is 3.17. The van der Waals surface area contributed by atoms with E-state index in [4.69, 9.17) is 4.42 Å². The smallest absolute Gasteiger partial charge is 0.143 e. The molecule has 0 saturated heterocycles. The minimum Gasteiger partial charge on any atom is -0.455 e. The maximum atomic E-state index is 6.11. The van der Waals surface area contributed by atoms with Gasteiger partial charge in [0.2, 0.25) is 0 Å². The van der Waals surface area contributed by atoms with Gasteiger partial charge in [-0.3, -0.25) is 0 Å². The Morgan fingerprint density at radius 1 is 0.900 bits per heavy atom.